The Bertz CT molecular complexity index is 698. The highest BCUT2D eigenvalue weighted by molar-refractivity contribution is 5.97. The van der Waals surface area contributed by atoms with Crippen LogP contribution in [0.5, 0.6) is 5.75 Å². The average molecular weight is 282 g/mol. The van der Waals surface area contributed by atoms with E-state index >= 15 is 0 Å². The molecule has 0 saturated heterocycles. The molecule has 0 unspecified atom stereocenters. The summed E-state index contributed by atoms with van der Waals surface area (Å²) in [5.74, 6) is -0.0249. The van der Waals surface area contributed by atoms with Crippen molar-refractivity contribution in [2.75, 3.05) is 11.4 Å². The van der Waals surface area contributed by atoms with Gasteiger partial charge < -0.3 is 10.5 Å². The van der Waals surface area contributed by atoms with Crippen LogP contribution in [0.4, 0.5) is 10.5 Å². The maximum Gasteiger partial charge on any atom is 0.419 e. The Morgan fingerprint density at radius 1 is 1.10 bits per heavy atom. The number of nitrogens with zero attached hydrogens (tertiary/aromatic N) is 1. The monoisotopic (exact) mass is 282 g/mol. The number of amides is 2. The highest BCUT2D eigenvalue weighted by Crippen LogP contribution is 2.29. The molecule has 0 atom stereocenters. The van der Waals surface area contributed by atoms with Gasteiger partial charge in [-0.05, 0) is 36.2 Å². The van der Waals surface area contributed by atoms with E-state index in [2.05, 4.69) is 0 Å². The number of carbonyl (C=O) groups excluding carboxylic acids is 2. The van der Waals surface area contributed by atoms with Crippen molar-refractivity contribution in [2.45, 2.75) is 6.42 Å². The van der Waals surface area contributed by atoms with Gasteiger partial charge in [0.05, 0.1) is 5.69 Å². The highest BCUT2D eigenvalue weighted by atomic mass is 16.6. The van der Waals surface area contributed by atoms with E-state index in [0.29, 0.717) is 23.5 Å². The van der Waals surface area contributed by atoms with Crippen molar-refractivity contribution in [3.63, 3.8) is 0 Å². The van der Waals surface area contributed by atoms with Crippen LogP contribution in [0.1, 0.15) is 15.9 Å². The van der Waals surface area contributed by atoms with Gasteiger partial charge in [-0.15, -0.1) is 0 Å². The minimum atomic E-state index is -0.513. The van der Waals surface area contributed by atoms with Crippen molar-refractivity contribution in [3.05, 3.63) is 59.7 Å². The van der Waals surface area contributed by atoms with Gasteiger partial charge in [0.2, 0.25) is 5.91 Å². The van der Waals surface area contributed by atoms with Crippen LogP contribution in [0.15, 0.2) is 48.5 Å². The number of benzene rings is 2. The fraction of sp³-hybridized carbons (Fsp3) is 0.125. The van der Waals surface area contributed by atoms with Crippen molar-refractivity contribution in [2.24, 2.45) is 5.73 Å². The van der Waals surface area contributed by atoms with Crippen LogP contribution in [0.3, 0.4) is 0 Å². The number of ether oxygens (including phenoxy) is 1. The molecule has 0 radical (unpaired) electrons. The summed E-state index contributed by atoms with van der Waals surface area (Å²) >= 11 is 0. The van der Waals surface area contributed by atoms with Crippen molar-refractivity contribution in [3.8, 4) is 5.75 Å². The van der Waals surface area contributed by atoms with Gasteiger partial charge in [-0.3, -0.25) is 9.69 Å². The number of carbonyl (C=O) groups is 2. The van der Waals surface area contributed by atoms with Gasteiger partial charge in [-0.1, -0.05) is 24.3 Å². The lowest BCUT2D eigenvalue weighted by Gasteiger charge is -2.17. The Hall–Kier alpha value is -2.82. The summed E-state index contributed by atoms with van der Waals surface area (Å²) in [6, 6.07) is 14.0. The topological polar surface area (TPSA) is 72.6 Å². The maximum absolute atomic E-state index is 12.2. The van der Waals surface area contributed by atoms with Crippen molar-refractivity contribution in [1.82, 2.24) is 0 Å². The molecule has 0 aliphatic carbocycles. The average Bonchev–Trinajstić information content (AvgIpc) is 2.91. The normalized spacial score (nSPS) is 12.9. The van der Waals surface area contributed by atoms with E-state index < -0.39 is 12.0 Å². The van der Waals surface area contributed by atoms with E-state index in [1.165, 1.54) is 4.90 Å². The van der Waals surface area contributed by atoms with Gasteiger partial charge in [-0.25, -0.2) is 4.79 Å². The fourth-order valence-electron chi connectivity index (χ4n) is 2.37. The molecule has 0 aromatic heterocycles. The second-order valence-electron chi connectivity index (χ2n) is 4.79. The summed E-state index contributed by atoms with van der Waals surface area (Å²) < 4.78 is 5.33. The SMILES string of the molecule is NC(=O)c1ccc2c(c1)N(C(=O)Oc1ccccc1)CC2. The molecule has 0 fully saturated rings. The number of nitrogens with two attached hydrogens (primary N) is 1. The number of hydrogen-bond donors (Lipinski definition) is 1. The molecule has 5 heteroatoms. The van der Waals surface area contributed by atoms with Crippen LogP contribution in [0.2, 0.25) is 0 Å². The predicted octanol–water partition coefficient (Wildman–Crippen LogP) is 2.35. The number of rotatable bonds is 2. The molecule has 21 heavy (non-hydrogen) atoms. The van der Waals surface area contributed by atoms with Crippen molar-refractivity contribution >= 4 is 17.7 Å². The molecule has 1 aliphatic heterocycles. The minimum absolute atomic E-state index is 0.383. The van der Waals surface area contributed by atoms with Crippen molar-refractivity contribution < 1.29 is 14.3 Å². The summed E-state index contributed by atoms with van der Waals surface area (Å²) in [7, 11) is 0. The quantitative estimate of drug-likeness (QED) is 0.918. The van der Waals surface area contributed by atoms with Gasteiger partial charge in [0.15, 0.2) is 0 Å². The Morgan fingerprint density at radius 2 is 1.86 bits per heavy atom. The molecule has 3 rings (SSSR count). The molecule has 0 spiro atoms. The summed E-state index contributed by atoms with van der Waals surface area (Å²) in [5, 5.41) is 0. The molecule has 0 saturated carbocycles. The molecule has 0 bridgehead atoms. The first-order valence-electron chi connectivity index (χ1n) is 6.62. The maximum atomic E-state index is 12.2. The van der Waals surface area contributed by atoms with Crippen LogP contribution in [-0.2, 0) is 6.42 Å². The van der Waals surface area contributed by atoms with Crippen LogP contribution >= 0.6 is 0 Å². The van der Waals surface area contributed by atoms with Crippen molar-refractivity contribution in [1.29, 1.82) is 0 Å². The fourth-order valence-corrected chi connectivity index (χ4v) is 2.37. The number of hydrogen-bond acceptors (Lipinski definition) is 3. The lowest BCUT2D eigenvalue weighted by atomic mass is 10.1. The molecule has 1 heterocycles. The van der Waals surface area contributed by atoms with Gasteiger partial charge >= 0.3 is 6.09 Å². The van der Waals surface area contributed by atoms with Gasteiger partial charge in [0, 0.05) is 12.1 Å². The first-order chi connectivity index (χ1) is 10.1. The summed E-state index contributed by atoms with van der Waals surface area (Å²) in [4.78, 5) is 25.0. The Morgan fingerprint density at radius 3 is 2.57 bits per heavy atom. The predicted molar refractivity (Wildman–Crippen MR) is 78.5 cm³/mol. The first kappa shape index (κ1) is 13.2. The van der Waals surface area contributed by atoms with Crippen LogP contribution in [0, 0.1) is 0 Å². The van der Waals surface area contributed by atoms with Gasteiger partial charge in [0.1, 0.15) is 5.75 Å². The van der Waals surface area contributed by atoms with E-state index in [9.17, 15) is 9.59 Å². The second kappa shape index (κ2) is 5.28. The lowest BCUT2D eigenvalue weighted by Crippen LogP contribution is -2.32. The molecule has 106 valence electrons. The zero-order valence-corrected chi connectivity index (χ0v) is 11.3. The number of fused-ring (bicyclic) bond motifs is 1. The molecule has 2 amide bonds. The molecule has 1 aliphatic rings. The van der Waals surface area contributed by atoms with E-state index in [-0.39, 0.29) is 0 Å². The molecule has 2 N–H and O–H groups in total. The first-order valence-corrected chi connectivity index (χ1v) is 6.62. The summed E-state index contributed by atoms with van der Waals surface area (Å²) in [5.41, 5.74) is 7.35. The zero-order valence-electron chi connectivity index (χ0n) is 11.3. The number of anilines is 1. The Labute approximate surface area is 121 Å². The molecule has 2 aromatic carbocycles. The third-order valence-electron chi connectivity index (χ3n) is 3.43. The molecular formula is C16H14N2O3. The van der Waals surface area contributed by atoms with Crippen LogP contribution in [-0.4, -0.2) is 18.5 Å². The third-order valence-corrected chi connectivity index (χ3v) is 3.43. The number of primary amides is 1. The van der Waals surface area contributed by atoms with E-state index in [1.807, 2.05) is 12.1 Å². The van der Waals surface area contributed by atoms with E-state index in [4.69, 9.17) is 10.5 Å². The second-order valence-corrected chi connectivity index (χ2v) is 4.79. The van der Waals surface area contributed by atoms with E-state index in [1.54, 1.807) is 36.4 Å². The minimum Gasteiger partial charge on any atom is -0.410 e. The van der Waals surface area contributed by atoms with Gasteiger partial charge in [0.25, 0.3) is 0 Å². The third kappa shape index (κ3) is 2.58. The van der Waals surface area contributed by atoms with Gasteiger partial charge in [-0.2, -0.15) is 0 Å². The van der Waals surface area contributed by atoms with E-state index in [0.717, 1.165) is 12.0 Å². The zero-order chi connectivity index (χ0) is 14.8. The van der Waals surface area contributed by atoms with Crippen LogP contribution in [0.25, 0.3) is 0 Å². The molecular weight excluding hydrogens is 268 g/mol. The Kier molecular flexibility index (Phi) is 3.31. The Balaban J connectivity index is 1.84. The van der Waals surface area contributed by atoms with Crippen LogP contribution < -0.4 is 15.4 Å². The largest absolute Gasteiger partial charge is 0.419 e. The number of para-hydroxylation sites is 1. The smallest absolute Gasteiger partial charge is 0.410 e. The summed E-state index contributed by atoms with van der Waals surface area (Å²) in [6.45, 7) is 0.531. The standard InChI is InChI=1S/C16H14N2O3/c17-15(19)12-7-6-11-8-9-18(14(11)10-12)16(20)21-13-4-2-1-3-5-13/h1-7,10H,8-9H2,(H2,17,19). The lowest BCUT2D eigenvalue weighted by molar-refractivity contribution is 0.1000. The summed E-state index contributed by atoms with van der Waals surface area (Å²) in [6.07, 6.45) is 0.278. The highest BCUT2D eigenvalue weighted by Gasteiger charge is 2.27. The molecule has 5 nitrogen and oxygen atoms in total. The molecule has 2 aromatic rings.